The lowest BCUT2D eigenvalue weighted by Gasteiger charge is -1.93. The first-order chi connectivity index (χ1) is 5.70. The molecule has 12 heavy (non-hydrogen) atoms. The highest BCUT2D eigenvalue weighted by Gasteiger charge is 2.09. The van der Waals surface area contributed by atoms with Crippen molar-refractivity contribution in [3.05, 3.63) is 21.8 Å². The molecule has 0 unspecified atom stereocenters. The number of hydrogen-bond acceptors (Lipinski definition) is 3. The quantitative estimate of drug-likeness (QED) is 0.564. The molecular weight excluding hydrogens is 303 g/mol. The second-order valence-electron chi connectivity index (χ2n) is 2.37. The highest BCUT2D eigenvalue weighted by atomic mass is 127. The zero-order valence-electron chi connectivity index (χ0n) is 5.91. The van der Waals surface area contributed by atoms with Crippen LogP contribution in [0.25, 0.3) is 10.1 Å². The number of thiol groups is 1. The van der Waals surface area contributed by atoms with Crippen molar-refractivity contribution in [2.75, 3.05) is 0 Å². The largest absolute Gasteiger partial charge is 0.499 e. The first kappa shape index (κ1) is 8.65. The fraction of sp³-hybridized carbons (Fsp3) is 0. The molecule has 1 aromatic heterocycles. The van der Waals surface area contributed by atoms with Crippen molar-refractivity contribution in [2.24, 2.45) is 0 Å². The van der Waals surface area contributed by atoms with E-state index in [-0.39, 0.29) is 0 Å². The Bertz CT molecular complexity index is 436. The van der Waals surface area contributed by atoms with Crippen LogP contribution in [0.3, 0.4) is 0 Å². The van der Waals surface area contributed by atoms with Gasteiger partial charge in [0.05, 0.1) is 3.57 Å². The van der Waals surface area contributed by atoms with E-state index in [1.165, 1.54) is 11.3 Å². The number of benzene rings is 1. The summed E-state index contributed by atoms with van der Waals surface area (Å²) in [6, 6.07) is 5.86. The first-order valence-electron chi connectivity index (χ1n) is 3.29. The second-order valence-corrected chi connectivity index (χ2v) is 4.96. The number of fused-ring (bicyclic) bond motifs is 1. The van der Waals surface area contributed by atoms with Crippen LogP contribution in [0, 0.1) is 3.57 Å². The fourth-order valence-electron chi connectivity index (χ4n) is 1.08. The topological polar surface area (TPSA) is 20.2 Å². The molecule has 0 fully saturated rings. The van der Waals surface area contributed by atoms with Gasteiger partial charge < -0.3 is 5.11 Å². The number of rotatable bonds is 0. The maximum Gasteiger partial charge on any atom is 0.186 e. The van der Waals surface area contributed by atoms with Gasteiger partial charge in [0.1, 0.15) is 0 Å². The average molecular weight is 308 g/mol. The summed E-state index contributed by atoms with van der Waals surface area (Å²) in [6.45, 7) is 0. The summed E-state index contributed by atoms with van der Waals surface area (Å²) < 4.78 is 1.99. The van der Waals surface area contributed by atoms with E-state index in [9.17, 15) is 5.11 Å². The second kappa shape index (κ2) is 3.08. The van der Waals surface area contributed by atoms with Gasteiger partial charge in [0.25, 0.3) is 0 Å². The summed E-state index contributed by atoms with van der Waals surface area (Å²) in [4.78, 5) is 0.924. The van der Waals surface area contributed by atoms with Gasteiger partial charge in [-0.15, -0.1) is 12.6 Å². The molecule has 4 heteroatoms. The van der Waals surface area contributed by atoms with Crippen LogP contribution >= 0.6 is 46.6 Å². The molecule has 0 atom stereocenters. The van der Waals surface area contributed by atoms with Crippen molar-refractivity contribution >= 4 is 56.6 Å². The van der Waals surface area contributed by atoms with E-state index < -0.39 is 0 Å². The van der Waals surface area contributed by atoms with Crippen LogP contribution in [0.5, 0.6) is 5.06 Å². The van der Waals surface area contributed by atoms with E-state index in [1.54, 1.807) is 0 Å². The molecule has 1 nitrogen and oxygen atoms in total. The summed E-state index contributed by atoms with van der Waals surface area (Å²) in [5, 5.41) is 10.9. The molecule has 0 saturated heterocycles. The van der Waals surface area contributed by atoms with E-state index in [2.05, 4.69) is 35.2 Å². The van der Waals surface area contributed by atoms with Gasteiger partial charge in [0.15, 0.2) is 5.06 Å². The van der Waals surface area contributed by atoms with Gasteiger partial charge in [-0.05, 0) is 34.7 Å². The lowest BCUT2D eigenvalue weighted by Crippen LogP contribution is -1.70. The van der Waals surface area contributed by atoms with Crippen molar-refractivity contribution < 1.29 is 5.11 Å². The Labute approximate surface area is 93.0 Å². The Hall–Kier alpha value is 0.0600. The normalized spacial score (nSPS) is 10.8. The van der Waals surface area contributed by atoms with Gasteiger partial charge in [-0.1, -0.05) is 17.4 Å². The van der Waals surface area contributed by atoms with Gasteiger partial charge in [-0.2, -0.15) is 0 Å². The van der Waals surface area contributed by atoms with Crippen LogP contribution in [0.15, 0.2) is 23.1 Å². The highest BCUT2D eigenvalue weighted by molar-refractivity contribution is 14.1. The van der Waals surface area contributed by atoms with Gasteiger partial charge in [-0.3, -0.25) is 0 Å². The molecule has 1 N–H and O–H groups in total. The molecule has 0 amide bonds. The fourth-order valence-corrected chi connectivity index (χ4v) is 3.64. The van der Waals surface area contributed by atoms with E-state index in [1.807, 2.05) is 18.2 Å². The minimum absolute atomic E-state index is 0.382. The van der Waals surface area contributed by atoms with Crippen molar-refractivity contribution in [3.63, 3.8) is 0 Å². The number of halogens is 1. The SMILES string of the molecule is Oc1sc2cccc(S)c2c1I. The van der Waals surface area contributed by atoms with E-state index in [0.717, 1.165) is 18.6 Å². The molecule has 2 aromatic rings. The van der Waals surface area contributed by atoms with Crippen LogP contribution in [0.2, 0.25) is 0 Å². The maximum atomic E-state index is 9.44. The Kier molecular flexibility index (Phi) is 2.22. The van der Waals surface area contributed by atoms with Crippen LogP contribution in [0.1, 0.15) is 0 Å². The predicted octanol–water partition coefficient (Wildman–Crippen LogP) is 3.50. The van der Waals surface area contributed by atoms with Gasteiger partial charge in [0.2, 0.25) is 0 Å². The first-order valence-corrected chi connectivity index (χ1v) is 5.63. The van der Waals surface area contributed by atoms with Crippen LogP contribution in [-0.2, 0) is 0 Å². The number of thiophene rings is 1. The molecule has 0 saturated carbocycles. The van der Waals surface area contributed by atoms with E-state index in [0.29, 0.717) is 5.06 Å². The summed E-state index contributed by atoms with van der Waals surface area (Å²) in [6.07, 6.45) is 0. The van der Waals surface area contributed by atoms with Crippen molar-refractivity contribution in [2.45, 2.75) is 4.90 Å². The molecule has 62 valence electrons. The van der Waals surface area contributed by atoms with Crippen molar-refractivity contribution in [1.29, 1.82) is 0 Å². The van der Waals surface area contributed by atoms with E-state index in [4.69, 9.17) is 0 Å². The predicted molar refractivity (Wildman–Crippen MR) is 63.5 cm³/mol. The Morgan fingerprint density at radius 3 is 2.83 bits per heavy atom. The Morgan fingerprint density at radius 2 is 2.17 bits per heavy atom. The van der Waals surface area contributed by atoms with Gasteiger partial charge in [-0.25, -0.2) is 0 Å². The Balaban J connectivity index is 2.97. The number of hydrogen-bond donors (Lipinski definition) is 2. The standard InChI is InChI=1S/C8H5IOS2/c9-7-6-4(11)2-1-3-5(6)12-8(7)10/h1-3,10-11H. The Morgan fingerprint density at radius 1 is 1.42 bits per heavy atom. The molecule has 0 spiro atoms. The minimum Gasteiger partial charge on any atom is -0.499 e. The smallest absolute Gasteiger partial charge is 0.186 e. The van der Waals surface area contributed by atoms with Crippen molar-refractivity contribution in [1.82, 2.24) is 0 Å². The summed E-state index contributed by atoms with van der Waals surface area (Å²) in [7, 11) is 0. The molecule has 0 aliphatic heterocycles. The molecule has 2 rings (SSSR count). The minimum atomic E-state index is 0.382. The zero-order valence-corrected chi connectivity index (χ0v) is 9.78. The molecule has 0 aliphatic carbocycles. The zero-order chi connectivity index (χ0) is 8.72. The third-order valence-corrected chi connectivity index (χ3v) is 4.36. The molecule has 0 bridgehead atoms. The monoisotopic (exact) mass is 308 g/mol. The van der Waals surface area contributed by atoms with E-state index >= 15 is 0 Å². The van der Waals surface area contributed by atoms with Gasteiger partial charge in [0, 0.05) is 15.0 Å². The lowest BCUT2D eigenvalue weighted by atomic mass is 10.3. The van der Waals surface area contributed by atoms with Crippen LogP contribution < -0.4 is 0 Å². The van der Waals surface area contributed by atoms with Crippen molar-refractivity contribution in [3.8, 4) is 5.06 Å². The number of aromatic hydroxyl groups is 1. The molecule has 1 heterocycles. The molecule has 0 aliphatic rings. The third-order valence-electron chi connectivity index (χ3n) is 1.62. The van der Waals surface area contributed by atoms with Crippen LogP contribution in [-0.4, -0.2) is 5.11 Å². The molecule has 1 aromatic carbocycles. The summed E-state index contributed by atoms with van der Waals surface area (Å²) in [5.74, 6) is 0. The summed E-state index contributed by atoms with van der Waals surface area (Å²) in [5.41, 5.74) is 0. The maximum absolute atomic E-state index is 9.44. The summed E-state index contributed by atoms with van der Waals surface area (Å²) >= 11 is 7.85. The third kappa shape index (κ3) is 1.22. The average Bonchev–Trinajstić information content (AvgIpc) is 2.29. The lowest BCUT2D eigenvalue weighted by molar-refractivity contribution is 0.488. The molecule has 0 radical (unpaired) electrons. The van der Waals surface area contributed by atoms with Crippen LogP contribution in [0.4, 0.5) is 0 Å². The van der Waals surface area contributed by atoms with Gasteiger partial charge >= 0.3 is 0 Å². The highest BCUT2D eigenvalue weighted by Crippen LogP contribution is 2.40. The molecular formula is C8H5IOS2.